The number of aromatic hydroxyl groups is 1. The van der Waals surface area contributed by atoms with E-state index in [0.717, 1.165) is 6.08 Å². The first kappa shape index (κ1) is 21.1. The lowest BCUT2D eigenvalue weighted by atomic mass is 9.97. The Bertz CT molecular complexity index is 992. The molecule has 10 heteroatoms. The van der Waals surface area contributed by atoms with Gasteiger partial charge in [0, 0.05) is 23.3 Å². The van der Waals surface area contributed by atoms with Crippen LogP contribution in [0.3, 0.4) is 0 Å². The van der Waals surface area contributed by atoms with Crippen LogP contribution < -0.4 is 4.74 Å². The molecule has 5 atom stereocenters. The molecule has 4 rings (SSSR count). The van der Waals surface area contributed by atoms with E-state index in [4.69, 9.17) is 18.9 Å². The molecular weight excluding hydrogens is 412 g/mol. The largest absolute Gasteiger partial charge is 0.508 e. The second-order valence-corrected chi connectivity index (χ2v) is 7.16. The zero-order valence-corrected chi connectivity index (χ0v) is 16.4. The molecule has 1 aromatic carbocycles. The summed E-state index contributed by atoms with van der Waals surface area (Å²) in [4.78, 5) is 0. The minimum Gasteiger partial charge on any atom is -0.508 e. The molecule has 1 aromatic rings. The van der Waals surface area contributed by atoms with Gasteiger partial charge in [-0.05, 0) is 24.3 Å². The number of aliphatic hydroxyl groups is 5. The highest BCUT2D eigenvalue weighted by molar-refractivity contribution is 5.70. The maximum atomic E-state index is 10.2. The molecule has 0 bridgehead atoms. The molecule has 1 saturated heterocycles. The number of phenols is 1. The molecule has 6 N–H and O–H groups in total. The summed E-state index contributed by atoms with van der Waals surface area (Å²) in [5.74, 6) is -0.224. The van der Waals surface area contributed by atoms with Gasteiger partial charge < -0.3 is 49.6 Å². The number of phenolic OH excluding ortho intramolecular Hbond substituents is 1. The molecule has 1 fully saturated rings. The first-order valence-corrected chi connectivity index (χ1v) is 9.43. The van der Waals surface area contributed by atoms with Crippen LogP contribution in [0.15, 0.2) is 59.3 Å². The molecule has 1 unspecified atom stereocenters. The van der Waals surface area contributed by atoms with Crippen LogP contribution in [0.25, 0.3) is 5.76 Å². The van der Waals surface area contributed by atoms with Gasteiger partial charge in [-0.3, -0.25) is 0 Å². The number of hydrogen-bond acceptors (Lipinski definition) is 10. The maximum absolute atomic E-state index is 10.2. The van der Waals surface area contributed by atoms with Gasteiger partial charge in [-0.15, -0.1) is 0 Å². The van der Waals surface area contributed by atoms with E-state index in [-0.39, 0.29) is 40.1 Å². The summed E-state index contributed by atoms with van der Waals surface area (Å²) < 4.78 is 22.1. The van der Waals surface area contributed by atoms with Crippen LogP contribution in [0, 0.1) is 0 Å². The molecule has 3 aliphatic rings. The molecule has 2 aliphatic heterocycles. The normalized spacial score (nSPS) is 30.1. The standard InChI is InChI=1S/C21H22O10/c1-28-14-3-2-9(4-13(14)25)20-16(30-21-19(27)18(26)17(8-22)31-21)7-11-12(24)5-10(23)6-15(11)29-20/h2-7,15,17-19,21-27H,8H2,1H3/t15?,17-,18+,19-,21-/m1/s1. The first-order chi connectivity index (χ1) is 14.8. The second-order valence-electron chi connectivity index (χ2n) is 7.16. The van der Waals surface area contributed by atoms with E-state index < -0.39 is 37.3 Å². The Hall–Kier alpha value is -3.18. The van der Waals surface area contributed by atoms with Gasteiger partial charge in [0.05, 0.1) is 13.7 Å². The smallest absolute Gasteiger partial charge is 0.229 e. The maximum Gasteiger partial charge on any atom is 0.229 e. The van der Waals surface area contributed by atoms with Crippen molar-refractivity contribution in [3.8, 4) is 11.5 Å². The zero-order chi connectivity index (χ0) is 22.3. The van der Waals surface area contributed by atoms with Crippen molar-refractivity contribution < 1.29 is 49.6 Å². The monoisotopic (exact) mass is 434 g/mol. The van der Waals surface area contributed by atoms with Gasteiger partial charge in [0.1, 0.15) is 35.9 Å². The highest BCUT2D eigenvalue weighted by Gasteiger charge is 2.45. The van der Waals surface area contributed by atoms with Crippen molar-refractivity contribution >= 4 is 5.76 Å². The zero-order valence-electron chi connectivity index (χ0n) is 16.4. The number of benzene rings is 1. The first-order valence-electron chi connectivity index (χ1n) is 9.43. The summed E-state index contributed by atoms with van der Waals surface area (Å²) in [5, 5.41) is 59.7. The Kier molecular flexibility index (Phi) is 5.54. The van der Waals surface area contributed by atoms with Crippen LogP contribution in [0.4, 0.5) is 0 Å². The highest BCUT2D eigenvalue weighted by atomic mass is 16.7. The number of hydrogen-bond donors (Lipinski definition) is 6. The van der Waals surface area contributed by atoms with Crippen molar-refractivity contribution in [2.24, 2.45) is 0 Å². The lowest BCUT2D eigenvalue weighted by Gasteiger charge is -2.30. The summed E-state index contributed by atoms with van der Waals surface area (Å²) in [6.07, 6.45) is -2.09. The van der Waals surface area contributed by atoms with Crippen molar-refractivity contribution in [2.45, 2.75) is 30.7 Å². The van der Waals surface area contributed by atoms with Crippen molar-refractivity contribution in [2.75, 3.05) is 13.7 Å². The molecule has 2 heterocycles. The van der Waals surface area contributed by atoms with Gasteiger partial charge >= 0.3 is 0 Å². The van der Waals surface area contributed by atoms with E-state index in [2.05, 4.69) is 0 Å². The SMILES string of the molecule is COc1ccc(C2=C(O[C@@H]3O[C@H](CO)[C@H](O)[C@H]3O)C=C3C(O)=CC(O)=CC3O2)cc1O. The van der Waals surface area contributed by atoms with Gasteiger partial charge in [0.25, 0.3) is 0 Å². The lowest BCUT2D eigenvalue weighted by molar-refractivity contribution is -0.145. The Balaban J connectivity index is 1.75. The third kappa shape index (κ3) is 3.81. The number of methoxy groups -OCH3 is 1. The molecule has 1 aliphatic carbocycles. The van der Waals surface area contributed by atoms with Gasteiger partial charge in [-0.1, -0.05) is 0 Å². The molecule has 0 saturated carbocycles. The molecule has 0 radical (unpaired) electrons. The number of allylic oxidation sites excluding steroid dienone is 2. The molecule has 0 aromatic heterocycles. The van der Waals surface area contributed by atoms with Crippen LogP contribution in [-0.2, 0) is 14.2 Å². The van der Waals surface area contributed by atoms with E-state index in [0.29, 0.717) is 5.56 Å². The summed E-state index contributed by atoms with van der Waals surface area (Å²) in [6, 6.07) is 4.47. The van der Waals surface area contributed by atoms with Crippen LogP contribution in [0.1, 0.15) is 5.56 Å². The van der Waals surface area contributed by atoms with Crippen LogP contribution >= 0.6 is 0 Å². The van der Waals surface area contributed by atoms with Gasteiger partial charge in [0.15, 0.2) is 23.0 Å². The Morgan fingerprint density at radius 2 is 1.84 bits per heavy atom. The average molecular weight is 434 g/mol. The fourth-order valence-corrected chi connectivity index (χ4v) is 3.52. The van der Waals surface area contributed by atoms with Crippen molar-refractivity contribution in [1.82, 2.24) is 0 Å². The average Bonchev–Trinajstić information content (AvgIpc) is 3.01. The van der Waals surface area contributed by atoms with Crippen LogP contribution in [0.2, 0.25) is 0 Å². The third-order valence-electron chi connectivity index (χ3n) is 5.15. The topological polar surface area (TPSA) is 158 Å². The molecule has 31 heavy (non-hydrogen) atoms. The second kappa shape index (κ2) is 8.16. The van der Waals surface area contributed by atoms with E-state index in [1.165, 1.54) is 31.4 Å². The lowest BCUT2D eigenvalue weighted by Crippen LogP contribution is -2.34. The predicted molar refractivity (Wildman–Crippen MR) is 105 cm³/mol. The number of aliphatic hydroxyl groups excluding tert-OH is 5. The number of rotatable bonds is 5. The molecular formula is C21H22O10. The Morgan fingerprint density at radius 1 is 1.06 bits per heavy atom. The fraction of sp³-hybridized carbons (Fsp3) is 0.333. The Morgan fingerprint density at radius 3 is 2.48 bits per heavy atom. The van der Waals surface area contributed by atoms with Gasteiger partial charge in [-0.2, -0.15) is 0 Å². The van der Waals surface area contributed by atoms with E-state index in [9.17, 15) is 30.6 Å². The summed E-state index contributed by atoms with van der Waals surface area (Å²) in [5.41, 5.74) is 0.651. The van der Waals surface area contributed by atoms with E-state index in [1.54, 1.807) is 6.07 Å². The minimum atomic E-state index is -1.45. The third-order valence-corrected chi connectivity index (χ3v) is 5.15. The van der Waals surface area contributed by atoms with E-state index in [1.807, 2.05) is 0 Å². The van der Waals surface area contributed by atoms with Crippen molar-refractivity contribution in [3.63, 3.8) is 0 Å². The summed E-state index contributed by atoms with van der Waals surface area (Å²) >= 11 is 0. The number of ether oxygens (including phenoxy) is 4. The predicted octanol–water partition coefficient (Wildman–Crippen LogP) is 0.748. The summed E-state index contributed by atoms with van der Waals surface area (Å²) in [6.45, 7) is -0.524. The van der Waals surface area contributed by atoms with E-state index >= 15 is 0 Å². The summed E-state index contributed by atoms with van der Waals surface area (Å²) in [7, 11) is 1.40. The van der Waals surface area contributed by atoms with Crippen LogP contribution in [-0.4, -0.2) is 75.1 Å². The fourth-order valence-electron chi connectivity index (χ4n) is 3.52. The number of fused-ring (bicyclic) bond motifs is 1. The van der Waals surface area contributed by atoms with Crippen LogP contribution in [0.5, 0.6) is 11.5 Å². The molecule has 166 valence electrons. The molecule has 0 amide bonds. The quantitative estimate of drug-likeness (QED) is 0.390. The van der Waals surface area contributed by atoms with Crippen molar-refractivity contribution in [3.05, 3.63) is 64.8 Å². The van der Waals surface area contributed by atoms with Crippen molar-refractivity contribution in [1.29, 1.82) is 0 Å². The molecule has 0 spiro atoms. The van der Waals surface area contributed by atoms with Gasteiger partial charge in [0.2, 0.25) is 6.29 Å². The molecule has 10 nitrogen and oxygen atoms in total. The highest BCUT2D eigenvalue weighted by Crippen LogP contribution is 2.39. The minimum absolute atomic E-state index is 0.0281. The van der Waals surface area contributed by atoms with Gasteiger partial charge in [-0.25, -0.2) is 0 Å². The Labute approximate surface area is 176 Å².